The number of para-hydroxylation sites is 1. The van der Waals surface area contributed by atoms with E-state index in [0.29, 0.717) is 5.56 Å². The molecular weight excluding hydrogens is 607 g/mol. The lowest BCUT2D eigenvalue weighted by Crippen LogP contribution is -2.54. The molecule has 1 atom stereocenters. The van der Waals surface area contributed by atoms with Gasteiger partial charge in [0.2, 0.25) is 0 Å². The number of piperazine rings is 1. The van der Waals surface area contributed by atoms with Gasteiger partial charge in [-0.25, -0.2) is 35.9 Å². The first-order valence-corrected chi connectivity index (χ1v) is 15.3. The Morgan fingerprint density at radius 2 is 1.79 bits per heavy atom. The highest BCUT2D eigenvalue weighted by Crippen LogP contribution is 2.36. The molecule has 1 saturated heterocycles. The Labute approximate surface area is 249 Å². The highest BCUT2D eigenvalue weighted by atomic mass is 35.5. The van der Waals surface area contributed by atoms with Crippen molar-refractivity contribution in [3.05, 3.63) is 87.6 Å². The van der Waals surface area contributed by atoms with Crippen LogP contribution >= 0.6 is 11.6 Å². The van der Waals surface area contributed by atoms with E-state index in [0.717, 1.165) is 23.0 Å². The molecule has 14 heteroatoms. The lowest BCUT2D eigenvalue weighted by Gasteiger charge is -2.40. The number of aryl methyl sites for hydroxylation is 1. The van der Waals surface area contributed by atoms with Crippen molar-refractivity contribution < 1.29 is 26.4 Å². The van der Waals surface area contributed by atoms with Crippen molar-refractivity contribution in [2.45, 2.75) is 24.8 Å². The number of fused-ring (bicyclic) bond motifs is 1. The van der Waals surface area contributed by atoms with Gasteiger partial charge in [0.15, 0.2) is 27.1 Å². The van der Waals surface area contributed by atoms with Crippen LogP contribution in [0.2, 0.25) is 5.02 Å². The van der Waals surface area contributed by atoms with Crippen LogP contribution in [0.3, 0.4) is 0 Å². The molecule has 0 radical (unpaired) electrons. The molecule has 0 spiro atoms. The third kappa shape index (κ3) is 5.38. The van der Waals surface area contributed by atoms with Crippen molar-refractivity contribution >= 4 is 44.2 Å². The zero-order chi connectivity index (χ0) is 31.4. The van der Waals surface area contributed by atoms with Gasteiger partial charge in [-0.3, -0.25) is 4.79 Å². The number of hydrogen-bond donors (Lipinski definition) is 0. The fourth-order valence-corrected chi connectivity index (χ4v) is 6.45. The average Bonchev–Trinajstić information content (AvgIpc) is 2.92. The zero-order valence-corrected chi connectivity index (χ0v) is 24.8. The summed E-state index contributed by atoms with van der Waals surface area (Å²) in [6.45, 7) is 6.53. The molecule has 0 unspecified atom stereocenters. The maximum absolute atomic E-state index is 15.8. The van der Waals surface area contributed by atoms with E-state index in [1.807, 2.05) is 0 Å². The van der Waals surface area contributed by atoms with E-state index in [4.69, 9.17) is 11.6 Å². The number of aromatic nitrogens is 3. The maximum Gasteiger partial charge on any atom is 0.355 e. The summed E-state index contributed by atoms with van der Waals surface area (Å²) in [6.07, 6.45) is 0.979. The number of hydrogen-bond acceptors (Lipinski definition) is 7. The van der Waals surface area contributed by atoms with Crippen LogP contribution in [-0.2, 0) is 14.6 Å². The Balaban J connectivity index is 1.84. The first-order chi connectivity index (χ1) is 20.2. The molecule has 1 fully saturated rings. The van der Waals surface area contributed by atoms with Crippen molar-refractivity contribution in [2.24, 2.45) is 0 Å². The lowest BCUT2D eigenvalue weighted by molar-refractivity contribution is -0.129. The monoisotopic (exact) mass is 631 g/mol. The van der Waals surface area contributed by atoms with Gasteiger partial charge in [-0.15, -0.1) is 0 Å². The Kier molecular flexibility index (Phi) is 7.82. The highest BCUT2D eigenvalue weighted by molar-refractivity contribution is 7.90. The summed E-state index contributed by atoms with van der Waals surface area (Å²) in [5.74, 6) is -3.82. The molecule has 9 nitrogen and oxygen atoms in total. The van der Waals surface area contributed by atoms with Crippen LogP contribution < -0.4 is 10.6 Å². The second-order valence-corrected chi connectivity index (χ2v) is 12.6. The van der Waals surface area contributed by atoms with Crippen LogP contribution in [0.25, 0.3) is 28.0 Å². The van der Waals surface area contributed by atoms with Crippen LogP contribution in [-0.4, -0.2) is 65.7 Å². The van der Waals surface area contributed by atoms with E-state index in [1.165, 1.54) is 29.2 Å². The number of pyridine rings is 1. The van der Waals surface area contributed by atoms with Gasteiger partial charge in [-0.1, -0.05) is 36.4 Å². The minimum atomic E-state index is -3.89. The molecule has 1 amide bonds. The van der Waals surface area contributed by atoms with E-state index in [2.05, 4.69) is 16.5 Å². The number of anilines is 1. The molecule has 0 N–H and O–H groups in total. The van der Waals surface area contributed by atoms with E-state index >= 15 is 4.39 Å². The lowest BCUT2D eigenvalue weighted by atomic mass is 10.1. The van der Waals surface area contributed by atoms with Crippen LogP contribution in [0.15, 0.2) is 64.6 Å². The Morgan fingerprint density at radius 1 is 1.09 bits per heavy atom. The normalized spacial score (nSPS) is 15.7. The van der Waals surface area contributed by atoms with Gasteiger partial charge in [0.25, 0.3) is 5.91 Å². The minimum Gasteiger partial charge on any atom is -0.350 e. The van der Waals surface area contributed by atoms with Crippen LogP contribution in [0, 0.1) is 18.6 Å². The van der Waals surface area contributed by atoms with Gasteiger partial charge in [0, 0.05) is 31.9 Å². The van der Waals surface area contributed by atoms with Crippen molar-refractivity contribution in [1.29, 1.82) is 0 Å². The third-order valence-corrected chi connectivity index (χ3v) is 8.69. The van der Waals surface area contributed by atoms with Gasteiger partial charge < -0.3 is 9.80 Å². The van der Waals surface area contributed by atoms with Crippen molar-refractivity contribution in [3.63, 3.8) is 0 Å². The standard InChI is InChI=1S/C29H25ClF3N5O4S/c1-15-7-5-10-22(43(4,41)42)25(15)38-27-18(13-21(33)24(34-27)23-19(30)8-6-9-20(23)32)26(35-29(38)40)37-12-11-36(14-16(37)2)28(39)17(3)31/h5-10,13,16H,3,11-12,14H2,1-2,4H3/t16-/m0/s1. The predicted molar refractivity (Wildman–Crippen MR) is 157 cm³/mol. The number of sulfone groups is 1. The van der Waals surface area contributed by atoms with E-state index in [9.17, 15) is 26.8 Å². The van der Waals surface area contributed by atoms with Gasteiger partial charge in [-0.05, 0) is 43.7 Å². The Hall–Kier alpha value is -4.23. The fraction of sp³-hybridized carbons (Fsp3) is 0.241. The number of amides is 1. The van der Waals surface area contributed by atoms with Crippen LogP contribution in [0.5, 0.6) is 0 Å². The van der Waals surface area contributed by atoms with Crippen LogP contribution in [0.1, 0.15) is 12.5 Å². The summed E-state index contributed by atoms with van der Waals surface area (Å²) in [5, 5.41) is -0.122. The quantitative estimate of drug-likeness (QED) is 0.296. The Bertz CT molecular complexity index is 1980. The molecule has 2 aromatic heterocycles. The number of carbonyl (C=O) groups excluding carboxylic acids is 1. The average molecular weight is 632 g/mol. The number of rotatable bonds is 5. The van der Waals surface area contributed by atoms with Gasteiger partial charge >= 0.3 is 5.69 Å². The molecule has 43 heavy (non-hydrogen) atoms. The maximum atomic E-state index is 15.8. The number of nitrogens with zero attached hydrogens (tertiary/aromatic N) is 5. The van der Waals surface area contributed by atoms with E-state index in [-0.39, 0.29) is 57.7 Å². The summed E-state index contributed by atoms with van der Waals surface area (Å²) in [6, 6.07) is 8.71. The smallest absolute Gasteiger partial charge is 0.350 e. The zero-order valence-electron chi connectivity index (χ0n) is 23.2. The van der Waals surface area contributed by atoms with E-state index in [1.54, 1.807) is 24.8 Å². The highest BCUT2D eigenvalue weighted by Gasteiger charge is 2.32. The van der Waals surface area contributed by atoms with Crippen LogP contribution in [0.4, 0.5) is 19.0 Å². The largest absolute Gasteiger partial charge is 0.355 e. The predicted octanol–water partition coefficient (Wildman–Crippen LogP) is 4.61. The molecule has 3 heterocycles. The summed E-state index contributed by atoms with van der Waals surface area (Å²) >= 11 is 6.24. The number of halogens is 4. The van der Waals surface area contributed by atoms with Crippen molar-refractivity contribution in [3.8, 4) is 16.9 Å². The summed E-state index contributed by atoms with van der Waals surface area (Å²) in [7, 11) is -3.89. The molecule has 224 valence electrons. The SMILES string of the molecule is C=C(F)C(=O)N1CCN(c2nc(=O)n(-c3c(C)cccc3S(C)(=O)=O)c3nc(-c4c(F)cccc4Cl)c(F)cc23)[C@@H](C)C1. The third-order valence-electron chi connectivity index (χ3n) is 7.24. The first kappa shape index (κ1) is 30.2. The fourth-order valence-electron chi connectivity index (χ4n) is 5.27. The number of carbonyl (C=O) groups is 1. The van der Waals surface area contributed by atoms with Gasteiger partial charge in [0.05, 0.1) is 26.6 Å². The summed E-state index contributed by atoms with van der Waals surface area (Å²) in [5.41, 5.74) is -1.65. The second kappa shape index (κ2) is 11.1. The number of benzene rings is 2. The van der Waals surface area contributed by atoms with E-state index < -0.39 is 50.6 Å². The van der Waals surface area contributed by atoms with Gasteiger partial charge in [-0.2, -0.15) is 4.98 Å². The summed E-state index contributed by atoms with van der Waals surface area (Å²) < 4.78 is 70.9. The molecule has 1 aliphatic heterocycles. The molecule has 5 rings (SSSR count). The molecule has 1 aliphatic rings. The first-order valence-electron chi connectivity index (χ1n) is 13.0. The molecular formula is C29H25ClF3N5O4S. The topological polar surface area (TPSA) is 105 Å². The van der Waals surface area contributed by atoms with Crippen molar-refractivity contribution in [1.82, 2.24) is 19.4 Å². The second-order valence-electron chi connectivity index (χ2n) is 10.2. The summed E-state index contributed by atoms with van der Waals surface area (Å²) in [4.78, 5) is 37.4. The molecule has 0 aliphatic carbocycles. The Morgan fingerprint density at radius 3 is 2.42 bits per heavy atom. The minimum absolute atomic E-state index is 0.00185. The van der Waals surface area contributed by atoms with Gasteiger partial charge in [0.1, 0.15) is 17.3 Å². The molecule has 4 aromatic rings. The molecule has 0 saturated carbocycles. The molecule has 2 aromatic carbocycles. The molecule has 0 bridgehead atoms. The van der Waals surface area contributed by atoms with Crippen molar-refractivity contribution in [2.75, 3.05) is 30.8 Å².